The number of carbonyl (C=O) groups excluding carboxylic acids is 2. The van der Waals surface area contributed by atoms with Crippen LogP contribution in [0.15, 0.2) is 12.2 Å². The largest absolute Gasteiger partial charge is 0.466 e. The maximum Gasteiger partial charge on any atom is 0.306 e. The van der Waals surface area contributed by atoms with Crippen LogP contribution < -0.4 is 0 Å². The molecule has 0 spiro atoms. The van der Waals surface area contributed by atoms with Gasteiger partial charge in [0.1, 0.15) is 0 Å². The minimum Gasteiger partial charge on any atom is -0.466 e. The molecule has 0 aliphatic heterocycles. The molecule has 4 heteroatoms. The SMILES string of the molecule is CCOC(=O)CC1C=CC(CC(=O)OCC)C1. The van der Waals surface area contributed by atoms with Crippen molar-refractivity contribution in [3.63, 3.8) is 0 Å². The van der Waals surface area contributed by atoms with Gasteiger partial charge in [-0.25, -0.2) is 0 Å². The van der Waals surface area contributed by atoms with Gasteiger partial charge in [0.15, 0.2) is 0 Å². The van der Waals surface area contributed by atoms with E-state index >= 15 is 0 Å². The summed E-state index contributed by atoms with van der Waals surface area (Å²) in [6.45, 7) is 4.43. The van der Waals surface area contributed by atoms with E-state index in [1.165, 1.54) is 0 Å². The van der Waals surface area contributed by atoms with E-state index in [0.29, 0.717) is 26.1 Å². The Balaban J connectivity index is 2.26. The quantitative estimate of drug-likeness (QED) is 0.527. The number of esters is 2. The highest BCUT2D eigenvalue weighted by Crippen LogP contribution is 2.28. The summed E-state index contributed by atoms with van der Waals surface area (Å²) < 4.78 is 9.79. The van der Waals surface area contributed by atoms with Crippen LogP contribution in [-0.2, 0) is 19.1 Å². The van der Waals surface area contributed by atoms with Crippen molar-refractivity contribution in [1.29, 1.82) is 0 Å². The molecule has 0 bridgehead atoms. The van der Waals surface area contributed by atoms with Gasteiger partial charge < -0.3 is 9.47 Å². The Morgan fingerprint density at radius 1 is 1.00 bits per heavy atom. The van der Waals surface area contributed by atoms with Crippen LogP contribution in [-0.4, -0.2) is 25.2 Å². The van der Waals surface area contributed by atoms with Crippen LogP contribution in [0.4, 0.5) is 0 Å². The predicted molar refractivity (Wildman–Crippen MR) is 63.2 cm³/mol. The Hall–Kier alpha value is -1.32. The monoisotopic (exact) mass is 240 g/mol. The third-order valence-corrected chi connectivity index (χ3v) is 2.73. The fourth-order valence-corrected chi connectivity index (χ4v) is 2.03. The van der Waals surface area contributed by atoms with Crippen molar-refractivity contribution < 1.29 is 19.1 Å². The van der Waals surface area contributed by atoms with Gasteiger partial charge in [0, 0.05) is 0 Å². The fourth-order valence-electron chi connectivity index (χ4n) is 2.03. The molecule has 1 aliphatic rings. The van der Waals surface area contributed by atoms with Gasteiger partial charge >= 0.3 is 11.9 Å². The maximum absolute atomic E-state index is 11.3. The first kappa shape index (κ1) is 13.7. The van der Waals surface area contributed by atoms with Crippen molar-refractivity contribution in [3.8, 4) is 0 Å². The van der Waals surface area contributed by atoms with Crippen LogP contribution in [0.1, 0.15) is 33.1 Å². The fraction of sp³-hybridized carbons (Fsp3) is 0.692. The van der Waals surface area contributed by atoms with Crippen LogP contribution >= 0.6 is 0 Å². The molecule has 0 amide bonds. The van der Waals surface area contributed by atoms with Crippen LogP contribution in [0.3, 0.4) is 0 Å². The zero-order valence-corrected chi connectivity index (χ0v) is 10.5. The van der Waals surface area contributed by atoms with E-state index in [0.717, 1.165) is 6.42 Å². The Kier molecular flexibility index (Phi) is 5.73. The summed E-state index contributed by atoms with van der Waals surface area (Å²) in [7, 11) is 0. The molecule has 1 rings (SSSR count). The van der Waals surface area contributed by atoms with Gasteiger partial charge in [0.2, 0.25) is 0 Å². The maximum atomic E-state index is 11.3. The van der Waals surface area contributed by atoms with Gasteiger partial charge in [-0.1, -0.05) is 12.2 Å². The molecule has 0 heterocycles. The van der Waals surface area contributed by atoms with Gasteiger partial charge in [-0.05, 0) is 32.1 Å². The average Bonchev–Trinajstić information content (AvgIpc) is 2.66. The number of carbonyl (C=O) groups is 2. The first-order valence-electron chi connectivity index (χ1n) is 6.15. The Bertz CT molecular complexity index is 268. The summed E-state index contributed by atoms with van der Waals surface area (Å²) >= 11 is 0. The average molecular weight is 240 g/mol. The molecule has 0 fully saturated rings. The molecule has 0 N–H and O–H groups in total. The lowest BCUT2D eigenvalue weighted by Gasteiger charge is -2.10. The predicted octanol–water partition coefficient (Wildman–Crippen LogP) is 2.09. The van der Waals surface area contributed by atoms with Crippen molar-refractivity contribution in [2.24, 2.45) is 11.8 Å². The van der Waals surface area contributed by atoms with Crippen molar-refractivity contribution in [2.45, 2.75) is 33.1 Å². The molecule has 0 aromatic carbocycles. The van der Waals surface area contributed by atoms with Gasteiger partial charge in [-0.15, -0.1) is 0 Å². The highest BCUT2D eigenvalue weighted by atomic mass is 16.5. The van der Waals surface area contributed by atoms with Crippen molar-refractivity contribution in [3.05, 3.63) is 12.2 Å². The van der Waals surface area contributed by atoms with Crippen molar-refractivity contribution >= 4 is 11.9 Å². The lowest BCUT2D eigenvalue weighted by atomic mass is 9.98. The molecule has 96 valence electrons. The van der Waals surface area contributed by atoms with Gasteiger partial charge in [-0.2, -0.15) is 0 Å². The molecule has 17 heavy (non-hydrogen) atoms. The summed E-state index contributed by atoms with van der Waals surface area (Å²) in [6, 6.07) is 0. The Morgan fingerprint density at radius 2 is 1.41 bits per heavy atom. The summed E-state index contributed by atoms with van der Waals surface area (Å²) in [4.78, 5) is 22.6. The zero-order valence-electron chi connectivity index (χ0n) is 10.5. The molecule has 2 unspecified atom stereocenters. The normalized spacial score (nSPS) is 22.5. The molecular formula is C13H20O4. The summed E-state index contributed by atoms with van der Waals surface area (Å²) in [5.41, 5.74) is 0. The van der Waals surface area contributed by atoms with E-state index < -0.39 is 0 Å². The molecule has 0 saturated heterocycles. The second-order valence-corrected chi connectivity index (χ2v) is 4.16. The van der Waals surface area contributed by atoms with E-state index in [1.54, 1.807) is 13.8 Å². The highest BCUT2D eigenvalue weighted by Gasteiger charge is 2.23. The van der Waals surface area contributed by atoms with E-state index in [1.807, 2.05) is 12.2 Å². The first-order chi connectivity index (χ1) is 8.15. The number of allylic oxidation sites excluding steroid dienone is 2. The van der Waals surface area contributed by atoms with E-state index in [-0.39, 0.29) is 23.8 Å². The standard InChI is InChI=1S/C13H20O4/c1-3-16-12(14)8-10-5-6-11(7-10)9-13(15)17-4-2/h5-6,10-11H,3-4,7-9H2,1-2H3. The molecule has 0 radical (unpaired) electrons. The van der Waals surface area contributed by atoms with E-state index in [4.69, 9.17) is 9.47 Å². The molecule has 0 saturated carbocycles. The summed E-state index contributed by atoms with van der Waals surface area (Å²) in [6.07, 6.45) is 5.65. The number of hydrogen-bond donors (Lipinski definition) is 0. The topological polar surface area (TPSA) is 52.6 Å². The second kappa shape index (κ2) is 7.09. The third-order valence-electron chi connectivity index (χ3n) is 2.73. The highest BCUT2D eigenvalue weighted by molar-refractivity contribution is 5.71. The van der Waals surface area contributed by atoms with Crippen molar-refractivity contribution in [2.75, 3.05) is 13.2 Å². The van der Waals surface area contributed by atoms with Crippen LogP contribution in [0, 0.1) is 11.8 Å². The summed E-state index contributed by atoms with van der Waals surface area (Å²) in [5, 5.41) is 0. The lowest BCUT2D eigenvalue weighted by molar-refractivity contribution is -0.144. The Labute approximate surface area is 102 Å². The molecule has 1 aliphatic carbocycles. The van der Waals surface area contributed by atoms with Crippen LogP contribution in [0.5, 0.6) is 0 Å². The molecule has 0 aromatic rings. The van der Waals surface area contributed by atoms with Gasteiger partial charge in [-0.3, -0.25) is 9.59 Å². The van der Waals surface area contributed by atoms with E-state index in [9.17, 15) is 9.59 Å². The van der Waals surface area contributed by atoms with Crippen molar-refractivity contribution in [1.82, 2.24) is 0 Å². The molecule has 0 aromatic heterocycles. The second-order valence-electron chi connectivity index (χ2n) is 4.16. The minimum atomic E-state index is -0.168. The van der Waals surface area contributed by atoms with E-state index in [2.05, 4.69) is 0 Å². The van der Waals surface area contributed by atoms with Gasteiger partial charge in [0.05, 0.1) is 26.1 Å². The third kappa shape index (κ3) is 5.02. The number of ether oxygens (including phenoxy) is 2. The summed E-state index contributed by atoms with van der Waals surface area (Å²) in [5.74, 6) is 0.0693. The van der Waals surface area contributed by atoms with Crippen LogP contribution in [0.2, 0.25) is 0 Å². The van der Waals surface area contributed by atoms with Crippen LogP contribution in [0.25, 0.3) is 0 Å². The molecular weight excluding hydrogens is 220 g/mol. The lowest BCUT2D eigenvalue weighted by Crippen LogP contribution is -2.12. The molecule has 4 nitrogen and oxygen atoms in total. The smallest absolute Gasteiger partial charge is 0.306 e. The first-order valence-corrected chi connectivity index (χ1v) is 6.15. The Morgan fingerprint density at radius 3 is 1.76 bits per heavy atom. The molecule has 2 atom stereocenters. The number of rotatable bonds is 6. The minimum absolute atomic E-state index is 0.168. The van der Waals surface area contributed by atoms with Gasteiger partial charge in [0.25, 0.3) is 0 Å². The zero-order chi connectivity index (χ0) is 12.7. The number of hydrogen-bond acceptors (Lipinski definition) is 4.